The lowest BCUT2D eigenvalue weighted by atomic mass is 10.2. The summed E-state index contributed by atoms with van der Waals surface area (Å²) < 4.78 is 42.7. The Morgan fingerprint density at radius 3 is 2.80 bits per heavy atom. The lowest BCUT2D eigenvalue weighted by Gasteiger charge is -2.23. The van der Waals surface area contributed by atoms with Crippen molar-refractivity contribution in [1.29, 1.82) is 0 Å². The number of halogens is 1. The number of thiazole rings is 1. The standard InChI is InChI=1S/C15H16FN3O4S2/c1-25(21,22)19-7-6-12-13(8-19)24-15(17-12)18-14(20)9-23-11-4-2-10(16)3-5-11/h2-5H,6-9H2,1H3,(H,17,18,20). The Balaban J connectivity index is 1.58. The molecule has 1 aliphatic heterocycles. The monoisotopic (exact) mass is 385 g/mol. The van der Waals surface area contributed by atoms with Gasteiger partial charge < -0.3 is 4.74 Å². The van der Waals surface area contributed by atoms with Gasteiger partial charge in [0.2, 0.25) is 10.0 Å². The SMILES string of the molecule is CS(=O)(=O)N1CCc2nc(NC(=O)COc3ccc(F)cc3)sc2C1. The predicted octanol–water partition coefficient (Wildman–Crippen LogP) is 1.62. The fourth-order valence-electron chi connectivity index (χ4n) is 2.34. The molecule has 10 heteroatoms. The molecular formula is C15H16FN3O4S2. The molecule has 3 rings (SSSR count). The van der Waals surface area contributed by atoms with Gasteiger partial charge >= 0.3 is 0 Å². The van der Waals surface area contributed by atoms with Crippen LogP contribution in [-0.4, -0.2) is 43.0 Å². The van der Waals surface area contributed by atoms with Crippen LogP contribution >= 0.6 is 11.3 Å². The molecule has 1 N–H and O–H groups in total. The zero-order chi connectivity index (χ0) is 18.0. The number of aromatic nitrogens is 1. The molecule has 2 aromatic rings. The Labute approximate surface area is 148 Å². The highest BCUT2D eigenvalue weighted by Gasteiger charge is 2.26. The molecular weight excluding hydrogens is 369 g/mol. The smallest absolute Gasteiger partial charge is 0.264 e. The summed E-state index contributed by atoms with van der Waals surface area (Å²) in [6.45, 7) is 0.426. The maximum atomic E-state index is 12.8. The van der Waals surface area contributed by atoms with Crippen LogP contribution in [0.25, 0.3) is 0 Å². The molecule has 25 heavy (non-hydrogen) atoms. The van der Waals surface area contributed by atoms with Crippen LogP contribution in [0.15, 0.2) is 24.3 Å². The maximum Gasteiger partial charge on any atom is 0.264 e. The fraction of sp³-hybridized carbons (Fsp3) is 0.333. The third-order valence-corrected chi connectivity index (χ3v) is 5.84. The number of benzene rings is 1. The molecule has 0 aliphatic carbocycles. The van der Waals surface area contributed by atoms with Crippen molar-refractivity contribution in [1.82, 2.24) is 9.29 Å². The fourth-order valence-corrected chi connectivity index (χ4v) is 4.25. The van der Waals surface area contributed by atoms with Gasteiger partial charge in [-0.3, -0.25) is 10.1 Å². The molecule has 0 spiro atoms. The second-order valence-corrected chi connectivity index (χ2v) is 8.59. The highest BCUT2D eigenvalue weighted by atomic mass is 32.2. The molecule has 134 valence electrons. The van der Waals surface area contributed by atoms with Crippen molar-refractivity contribution in [3.8, 4) is 5.75 Å². The van der Waals surface area contributed by atoms with Crippen molar-refractivity contribution in [3.63, 3.8) is 0 Å². The van der Waals surface area contributed by atoms with Crippen LogP contribution in [0.1, 0.15) is 10.6 Å². The van der Waals surface area contributed by atoms with Gasteiger partial charge in [-0.1, -0.05) is 0 Å². The number of carbonyl (C=O) groups is 1. The zero-order valence-corrected chi connectivity index (χ0v) is 15.0. The molecule has 0 atom stereocenters. The molecule has 0 saturated heterocycles. The number of sulfonamides is 1. The van der Waals surface area contributed by atoms with Crippen molar-refractivity contribution < 1.29 is 22.3 Å². The van der Waals surface area contributed by atoms with Crippen LogP contribution in [0.3, 0.4) is 0 Å². The van der Waals surface area contributed by atoms with Gasteiger partial charge in [-0.15, -0.1) is 11.3 Å². The molecule has 1 amide bonds. The van der Waals surface area contributed by atoms with E-state index in [0.717, 1.165) is 10.6 Å². The van der Waals surface area contributed by atoms with Crippen LogP contribution in [0.5, 0.6) is 5.75 Å². The first-order valence-corrected chi connectivity index (χ1v) is 10.1. The summed E-state index contributed by atoms with van der Waals surface area (Å²) in [4.78, 5) is 17.1. The van der Waals surface area contributed by atoms with E-state index in [2.05, 4.69) is 10.3 Å². The number of carbonyl (C=O) groups excluding carboxylic acids is 1. The molecule has 2 heterocycles. The van der Waals surface area contributed by atoms with Crippen molar-refractivity contribution in [3.05, 3.63) is 40.7 Å². The van der Waals surface area contributed by atoms with Gasteiger partial charge in [0.1, 0.15) is 11.6 Å². The van der Waals surface area contributed by atoms with Gasteiger partial charge in [-0.05, 0) is 24.3 Å². The van der Waals surface area contributed by atoms with E-state index in [9.17, 15) is 17.6 Å². The first-order valence-electron chi connectivity index (χ1n) is 7.43. The Kier molecular flexibility index (Phi) is 5.02. The van der Waals surface area contributed by atoms with E-state index in [1.54, 1.807) is 0 Å². The minimum Gasteiger partial charge on any atom is -0.484 e. The largest absolute Gasteiger partial charge is 0.484 e. The van der Waals surface area contributed by atoms with E-state index in [4.69, 9.17) is 4.74 Å². The Bertz CT molecular complexity index is 881. The highest BCUT2D eigenvalue weighted by Crippen LogP contribution is 2.29. The van der Waals surface area contributed by atoms with E-state index >= 15 is 0 Å². The number of nitrogens with zero attached hydrogens (tertiary/aromatic N) is 2. The number of nitrogens with one attached hydrogen (secondary N) is 1. The zero-order valence-electron chi connectivity index (χ0n) is 13.4. The first-order chi connectivity index (χ1) is 11.8. The van der Waals surface area contributed by atoms with E-state index < -0.39 is 15.9 Å². The maximum absolute atomic E-state index is 12.8. The summed E-state index contributed by atoms with van der Waals surface area (Å²) in [6, 6.07) is 5.36. The van der Waals surface area contributed by atoms with E-state index in [-0.39, 0.29) is 19.0 Å². The van der Waals surface area contributed by atoms with E-state index in [0.29, 0.717) is 23.8 Å². The Morgan fingerprint density at radius 1 is 1.40 bits per heavy atom. The average Bonchev–Trinajstić information content (AvgIpc) is 2.94. The van der Waals surface area contributed by atoms with Crippen molar-refractivity contribution in [2.45, 2.75) is 13.0 Å². The second-order valence-electron chi connectivity index (χ2n) is 5.53. The Morgan fingerprint density at radius 2 is 2.12 bits per heavy atom. The predicted molar refractivity (Wildman–Crippen MR) is 91.6 cm³/mol. The van der Waals surface area contributed by atoms with Crippen LogP contribution < -0.4 is 10.1 Å². The number of amides is 1. The normalized spacial score (nSPS) is 14.8. The minimum atomic E-state index is -3.25. The van der Waals surface area contributed by atoms with Gasteiger partial charge in [0.15, 0.2) is 11.7 Å². The molecule has 7 nitrogen and oxygen atoms in total. The van der Waals surface area contributed by atoms with Crippen LogP contribution in [0.4, 0.5) is 9.52 Å². The summed E-state index contributed by atoms with van der Waals surface area (Å²) >= 11 is 1.25. The molecule has 0 bridgehead atoms. The summed E-state index contributed by atoms with van der Waals surface area (Å²) in [5.41, 5.74) is 0.805. The van der Waals surface area contributed by atoms with E-state index in [1.807, 2.05) is 0 Å². The average molecular weight is 385 g/mol. The second kappa shape index (κ2) is 7.06. The molecule has 1 aliphatic rings. The lowest BCUT2D eigenvalue weighted by molar-refractivity contribution is -0.118. The van der Waals surface area contributed by atoms with Crippen molar-refractivity contribution in [2.75, 3.05) is 24.7 Å². The van der Waals surface area contributed by atoms with Crippen molar-refractivity contribution >= 4 is 32.4 Å². The minimum absolute atomic E-state index is 0.231. The molecule has 0 radical (unpaired) electrons. The van der Waals surface area contributed by atoms with Gasteiger partial charge in [0.25, 0.3) is 5.91 Å². The number of ether oxygens (including phenoxy) is 1. The Hall–Kier alpha value is -2.04. The molecule has 0 saturated carbocycles. The summed E-state index contributed by atoms with van der Waals surface area (Å²) in [7, 11) is -3.25. The number of fused-ring (bicyclic) bond motifs is 1. The van der Waals surface area contributed by atoms with Crippen LogP contribution in [0, 0.1) is 5.82 Å². The quantitative estimate of drug-likeness (QED) is 0.845. The number of hydrogen-bond acceptors (Lipinski definition) is 6. The number of anilines is 1. The third-order valence-electron chi connectivity index (χ3n) is 3.60. The summed E-state index contributed by atoms with van der Waals surface area (Å²) in [5, 5.41) is 3.05. The van der Waals surface area contributed by atoms with Crippen LogP contribution in [-0.2, 0) is 27.8 Å². The third kappa shape index (κ3) is 4.53. The molecule has 1 aromatic carbocycles. The van der Waals surface area contributed by atoms with Gasteiger partial charge in [0, 0.05) is 24.4 Å². The highest BCUT2D eigenvalue weighted by molar-refractivity contribution is 7.88. The summed E-state index contributed by atoms with van der Waals surface area (Å²) in [5.74, 6) is -0.387. The van der Waals surface area contributed by atoms with E-state index in [1.165, 1.54) is 46.2 Å². The van der Waals surface area contributed by atoms with Crippen LogP contribution in [0.2, 0.25) is 0 Å². The lowest BCUT2D eigenvalue weighted by Crippen LogP contribution is -2.34. The molecule has 0 fully saturated rings. The van der Waals surface area contributed by atoms with Crippen molar-refractivity contribution in [2.24, 2.45) is 0 Å². The molecule has 1 aromatic heterocycles. The topological polar surface area (TPSA) is 88.6 Å². The number of rotatable bonds is 5. The van der Waals surface area contributed by atoms with Gasteiger partial charge in [0.05, 0.1) is 11.9 Å². The first kappa shape index (κ1) is 17.8. The number of hydrogen-bond donors (Lipinski definition) is 1. The van der Waals surface area contributed by atoms with Gasteiger partial charge in [-0.2, -0.15) is 4.31 Å². The summed E-state index contributed by atoms with van der Waals surface area (Å²) in [6.07, 6.45) is 1.69. The van der Waals surface area contributed by atoms with Gasteiger partial charge in [-0.25, -0.2) is 17.8 Å². The molecule has 0 unspecified atom stereocenters.